The first-order valence-corrected chi connectivity index (χ1v) is 29.5. The van der Waals surface area contributed by atoms with Gasteiger partial charge in [0.15, 0.2) is 0 Å². The van der Waals surface area contributed by atoms with E-state index in [-0.39, 0.29) is 104 Å². The maximum absolute atomic E-state index is 12.9. The van der Waals surface area contributed by atoms with Crippen molar-refractivity contribution in [1.29, 1.82) is 0 Å². The molecule has 5 aliphatic heterocycles. The molecule has 2 aromatic rings. The Labute approximate surface area is 496 Å². The van der Waals surface area contributed by atoms with Gasteiger partial charge in [-0.3, -0.25) is 14.4 Å². The van der Waals surface area contributed by atoms with Crippen molar-refractivity contribution in [1.82, 2.24) is 20.2 Å². The highest BCUT2D eigenvalue weighted by molar-refractivity contribution is 6.48. The second kappa shape index (κ2) is 24.7. The van der Waals surface area contributed by atoms with Gasteiger partial charge in [0.05, 0.1) is 36.0 Å². The van der Waals surface area contributed by atoms with Gasteiger partial charge in [0.2, 0.25) is 0 Å². The summed E-state index contributed by atoms with van der Waals surface area (Å²) >= 11 is 0. The molecule has 23 heteroatoms. The van der Waals surface area contributed by atoms with Crippen LogP contribution in [0.25, 0.3) is 0 Å². The van der Waals surface area contributed by atoms with E-state index < -0.39 is 48.5 Å². The quantitative estimate of drug-likeness (QED) is 0.0875. The lowest BCUT2D eigenvalue weighted by molar-refractivity contribution is -0.185. The number of rotatable bonds is 12. The summed E-state index contributed by atoms with van der Waals surface area (Å²) in [6.07, 6.45) is 3.89. The molecule has 0 radical (unpaired) electrons. The van der Waals surface area contributed by atoms with E-state index >= 15 is 0 Å². The molecule has 0 unspecified atom stereocenters. The number of hydroxylamine groups is 2. The molecule has 3 N–H and O–H groups in total. The number of hydrogen-bond acceptors (Lipinski definition) is 16. The van der Waals surface area contributed by atoms with E-state index in [4.69, 9.17) is 43.3 Å². The Hall–Kier alpha value is -5.12. The Balaban J connectivity index is 0.000000170. The Morgan fingerprint density at radius 3 is 1.52 bits per heavy atom. The van der Waals surface area contributed by atoms with Crippen LogP contribution in [-0.4, -0.2) is 151 Å². The Morgan fingerprint density at radius 2 is 1.07 bits per heavy atom. The number of hydrogen-bond donors (Lipinski definition) is 2. The third kappa shape index (κ3) is 14.6. The molecular formula is C60H88B2ClN5O15. The molecule has 4 bridgehead atoms. The van der Waals surface area contributed by atoms with E-state index in [1.54, 1.807) is 25.7 Å². The van der Waals surface area contributed by atoms with Gasteiger partial charge in [-0.1, -0.05) is 93.4 Å². The van der Waals surface area contributed by atoms with Crippen LogP contribution in [0.15, 0.2) is 60.7 Å². The highest BCUT2D eigenvalue weighted by Crippen LogP contribution is 2.66. The van der Waals surface area contributed by atoms with Crippen molar-refractivity contribution in [3.05, 3.63) is 71.8 Å². The molecule has 0 spiro atoms. The topological polar surface area (TPSA) is 233 Å². The maximum Gasteiger partial charge on any atom is 0.533 e. The number of likely N-dealkylation sites (tertiary alicyclic amines) is 2. The summed E-state index contributed by atoms with van der Waals surface area (Å²) < 4.78 is 46.8. The predicted octanol–water partition coefficient (Wildman–Crippen LogP) is 8.77. The molecule has 20 nitrogen and oxygen atoms in total. The molecule has 2 aromatic carbocycles. The SMILES string of the molecule is CC(C)(C)OC(=O)N1CC(COC(=O)N[C@@H](Cc2ccccc2)B2O[C@H]3[C@H]4C[C@@H](C[C@@]3(C)O2)C4(C)C)C1.CC(C)(C)OC(=O)N1CC(COC(=O)ON2C(=O)CCC2=O)C1.CC1(C)[C@H]2C[C@@H]1[C@@H]1OB([C@@H](N)Cc3ccccc3)O[C@]1(C)C2.Cl. The van der Waals surface area contributed by atoms with Crippen LogP contribution in [0.1, 0.15) is 133 Å². The fourth-order valence-corrected chi connectivity index (χ4v) is 13.5. The molecule has 13 rings (SSSR count). The number of nitrogens with zero attached hydrogens (tertiary/aromatic N) is 3. The van der Waals surface area contributed by atoms with Crippen molar-refractivity contribution in [2.75, 3.05) is 39.4 Å². The molecule has 11 fully saturated rings. The molecule has 5 amide bonds. The number of amides is 5. The van der Waals surface area contributed by atoms with E-state index in [2.05, 4.69) is 76.0 Å². The van der Waals surface area contributed by atoms with Gasteiger partial charge in [0, 0.05) is 56.8 Å². The fraction of sp³-hybridized carbons (Fsp3) is 0.700. The van der Waals surface area contributed by atoms with E-state index in [9.17, 15) is 28.8 Å². The summed E-state index contributed by atoms with van der Waals surface area (Å²) in [5.41, 5.74) is 7.85. The number of nitrogens with two attached hydrogens (primary N) is 1. The van der Waals surface area contributed by atoms with Crippen molar-refractivity contribution in [2.45, 2.75) is 181 Å². The molecule has 0 aromatic heterocycles. The van der Waals surface area contributed by atoms with Gasteiger partial charge in [0.25, 0.3) is 11.8 Å². The van der Waals surface area contributed by atoms with Crippen LogP contribution < -0.4 is 11.1 Å². The zero-order chi connectivity index (χ0) is 59.3. The Bertz CT molecular complexity index is 2640. The normalized spacial score (nSPS) is 29.6. The molecule has 83 heavy (non-hydrogen) atoms. The molecule has 5 saturated heterocycles. The summed E-state index contributed by atoms with van der Waals surface area (Å²) in [6, 6.07) is 20.4. The molecule has 6 saturated carbocycles. The molecule has 5 heterocycles. The molecule has 6 aliphatic carbocycles. The summed E-state index contributed by atoms with van der Waals surface area (Å²) in [5.74, 6) is 0.963. The van der Waals surface area contributed by atoms with Gasteiger partial charge in [-0.15, -0.1) is 12.4 Å². The van der Waals surface area contributed by atoms with Crippen LogP contribution >= 0.6 is 12.4 Å². The lowest BCUT2D eigenvalue weighted by Gasteiger charge is -2.63. The zero-order valence-electron chi connectivity index (χ0n) is 50.6. The molecule has 10 atom stereocenters. The number of benzene rings is 2. The third-order valence-corrected chi connectivity index (χ3v) is 18.5. The minimum absolute atomic E-state index is 0. The largest absolute Gasteiger partial charge is 0.533 e. The first-order valence-electron chi connectivity index (χ1n) is 29.5. The van der Waals surface area contributed by atoms with Crippen LogP contribution in [0, 0.1) is 46.3 Å². The van der Waals surface area contributed by atoms with Gasteiger partial charge in [-0.2, -0.15) is 0 Å². The standard InChI is InChI=1S/C28H41BN2O6.C18H26BNO2.C14H20N2O7.ClH/c1-26(2,3)35-25(33)31-15-19(16-31)17-34-24(32)30-22(12-18-10-8-7-9-11-18)29-36-23-21-13-20(27(21,4)5)14-28(23,6)37-29;1-17(2)13-10-14(17)16-18(3,11-13)22-19(21-16)15(20)9-12-7-5-4-6-8-12;1-14(2,3)22-12(19)15-6-9(7-15)8-21-13(20)23-16-10(17)4-5-11(16)18;/h7-11,19-23H,12-17H2,1-6H3,(H,30,32);4-8,13-16H,9-11,20H2,1-3H3;9H,4-8H2,1-3H3;1H/t20-,21+,22-,23-,28+;13-,14+,15-,16-,18+;;/m00../s1. The van der Waals surface area contributed by atoms with Crippen LogP contribution in [-0.2, 0) is 64.8 Å². The van der Waals surface area contributed by atoms with Gasteiger partial charge >= 0.3 is 38.7 Å². The van der Waals surface area contributed by atoms with Crippen LogP contribution in [0.2, 0.25) is 0 Å². The highest BCUT2D eigenvalue weighted by Gasteiger charge is 2.69. The van der Waals surface area contributed by atoms with Crippen molar-refractivity contribution >= 4 is 62.9 Å². The molecular weight excluding hydrogens is 1090 g/mol. The van der Waals surface area contributed by atoms with Gasteiger partial charge in [-0.05, 0) is 140 Å². The number of ether oxygens (including phenoxy) is 4. The summed E-state index contributed by atoms with van der Waals surface area (Å²) in [7, 11) is -0.811. The number of nitrogens with one attached hydrogen (secondary N) is 1. The Morgan fingerprint density at radius 1 is 0.651 bits per heavy atom. The lowest BCUT2D eigenvalue weighted by Crippen LogP contribution is -2.63. The van der Waals surface area contributed by atoms with Crippen LogP contribution in [0.3, 0.4) is 0 Å². The number of carbonyl (C=O) groups excluding carboxylic acids is 6. The average Bonchev–Trinajstić information content (AvgIpc) is 2.29. The first kappa shape index (κ1) is 63.9. The number of carbonyl (C=O) groups is 6. The van der Waals surface area contributed by atoms with Crippen LogP contribution in [0.5, 0.6) is 0 Å². The van der Waals surface area contributed by atoms with E-state index in [1.807, 2.05) is 57.2 Å². The van der Waals surface area contributed by atoms with Gasteiger partial charge in [-0.25, -0.2) is 19.2 Å². The number of imide groups is 1. The zero-order valence-corrected chi connectivity index (χ0v) is 51.4. The first-order chi connectivity index (χ1) is 38.4. The van der Waals surface area contributed by atoms with Crippen LogP contribution in [0.4, 0.5) is 19.2 Å². The minimum Gasteiger partial charge on any atom is -0.449 e. The second-order valence-electron chi connectivity index (χ2n) is 28.0. The highest BCUT2D eigenvalue weighted by atomic mass is 35.5. The van der Waals surface area contributed by atoms with Gasteiger partial charge in [0.1, 0.15) is 17.8 Å². The van der Waals surface area contributed by atoms with Crippen molar-refractivity contribution < 1.29 is 71.2 Å². The molecule has 11 aliphatic rings. The summed E-state index contributed by atoms with van der Waals surface area (Å²) in [4.78, 5) is 78.4. The monoisotopic (exact) mass is 1180 g/mol. The smallest absolute Gasteiger partial charge is 0.449 e. The molecule has 456 valence electrons. The summed E-state index contributed by atoms with van der Waals surface area (Å²) in [6.45, 7) is 26.8. The van der Waals surface area contributed by atoms with Gasteiger partial charge < -0.3 is 58.4 Å². The van der Waals surface area contributed by atoms with E-state index in [0.717, 1.165) is 30.7 Å². The van der Waals surface area contributed by atoms with E-state index in [1.165, 1.54) is 23.3 Å². The predicted molar refractivity (Wildman–Crippen MR) is 310 cm³/mol. The average molecular weight is 1180 g/mol. The van der Waals surface area contributed by atoms with E-state index in [0.29, 0.717) is 60.8 Å². The second-order valence-corrected chi connectivity index (χ2v) is 28.0. The van der Waals surface area contributed by atoms with Crippen molar-refractivity contribution in [2.24, 2.45) is 52.1 Å². The lowest BCUT2D eigenvalue weighted by atomic mass is 9.45. The summed E-state index contributed by atoms with van der Waals surface area (Å²) in [5, 5.41) is 3.46. The third-order valence-electron chi connectivity index (χ3n) is 18.5. The van der Waals surface area contributed by atoms with Crippen molar-refractivity contribution in [3.63, 3.8) is 0 Å². The number of halogens is 1. The fourth-order valence-electron chi connectivity index (χ4n) is 13.5. The number of alkyl carbamates (subject to hydrolysis) is 1. The Kier molecular flexibility index (Phi) is 19.0. The maximum atomic E-state index is 12.9. The van der Waals surface area contributed by atoms with Crippen molar-refractivity contribution in [3.8, 4) is 0 Å². The minimum atomic E-state index is -1.11.